The Balaban J connectivity index is 1.99. The number of rotatable bonds is 5. The lowest BCUT2D eigenvalue weighted by Crippen LogP contribution is -2.22. The Hall–Kier alpha value is -1.44. The lowest BCUT2D eigenvalue weighted by atomic mass is 10.2. The number of amides is 1. The molecule has 0 saturated carbocycles. The van der Waals surface area contributed by atoms with Crippen LogP contribution in [-0.2, 0) is 11.3 Å². The maximum Gasteiger partial charge on any atom is 0.328 e. The van der Waals surface area contributed by atoms with Gasteiger partial charge in [0.15, 0.2) is 0 Å². The fraction of sp³-hybridized carbons (Fsp3) is 0.0769. The first-order valence-corrected chi connectivity index (χ1v) is 8.11. The molecule has 2 heterocycles. The zero-order valence-corrected chi connectivity index (χ0v) is 13.3. The summed E-state index contributed by atoms with van der Waals surface area (Å²) in [6.07, 6.45) is 2.62. The van der Waals surface area contributed by atoms with E-state index < -0.39 is 5.97 Å². The molecule has 0 aliphatic rings. The highest BCUT2D eigenvalue weighted by atomic mass is 79.9. The van der Waals surface area contributed by atoms with Crippen molar-refractivity contribution in [2.45, 2.75) is 6.54 Å². The highest BCUT2D eigenvalue weighted by Crippen LogP contribution is 2.21. The highest BCUT2D eigenvalue weighted by Gasteiger charge is 2.09. The third kappa shape index (κ3) is 4.03. The summed E-state index contributed by atoms with van der Waals surface area (Å²) >= 11 is 6.24. The minimum Gasteiger partial charge on any atom is -0.478 e. The van der Waals surface area contributed by atoms with Crippen LogP contribution in [0.25, 0.3) is 6.08 Å². The van der Waals surface area contributed by atoms with E-state index in [9.17, 15) is 9.59 Å². The van der Waals surface area contributed by atoms with Gasteiger partial charge in [-0.25, -0.2) is 4.79 Å². The van der Waals surface area contributed by atoms with E-state index in [1.165, 1.54) is 28.7 Å². The van der Waals surface area contributed by atoms with Gasteiger partial charge >= 0.3 is 5.97 Å². The Labute approximate surface area is 131 Å². The predicted molar refractivity (Wildman–Crippen MR) is 84.2 cm³/mol. The molecule has 0 fully saturated rings. The molecule has 0 bridgehead atoms. The van der Waals surface area contributed by atoms with Crippen LogP contribution in [0.2, 0.25) is 0 Å². The zero-order chi connectivity index (χ0) is 14.5. The molecule has 0 aromatic carbocycles. The molecule has 4 nitrogen and oxygen atoms in total. The number of nitrogens with one attached hydrogen (secondary N) is 1. The minimum atomic E-state index is -0.991. The molecular weight excluding hydrogens is 362 g/mol. The lowest BCUT2D eigenvalue weighted by Gasteiger charge is -2.03. The molecule has 20 heavy (non-hydrogen) atoms. The first kappa shape index (κ1) is 15.0. The smallest absolute Gasteiger partial charge is 0.328 e. The van der Waals surface area contributed by atoms with Crippen LogP contribution in [0.15, 0.2) is 32.8 Å². The standard InChI is InChI=1S/C13H10BrNO3S2/c14-11-5-9(7-20-11)13(18)15-6-10-8(3-4-19-10)1-2-12(16)17/h1-5,7H,6H2,(H,15,18)(H,16,17)/b2-1+. The number of aliphatic carboxylic acids is 1. The average Bonchev–Trinajstić information content (AvgIpc) is 3.02. The summed E-state index contributed by atoms with van der Waals surface area (Å²) in [4.78, 5) is 23.3. The molecule has 2 aromatic rings. The van der Waals surface area contributed by atoms with Gasteiger partial charge in [-0.1, -0.05) is 0 Å². The van der Waals surface area contributed by atoms with E-state index in [0.29, 0.717) is 12.1 Å². The van der Waals surface area contributed by atoms with Crippen molar-refractivity contribution in [1.29, 1.82) is 0 Å². The van der Waals surface area contributed by atoms with Crippen LogP contribution in [0.5, 0.6) is 0 Å². The Morgan fingerprint density at radius 1 is 1.40 bits per heavy atom. The SMILES string of the molecule is O=C(O)/C=C/c1ccsc1CNC(=O)c1csc(Br)c1. The maximum atomic E-state index is 11.9. The fourth-order valence-corrected chi connectivity index (χ4v) is 3.44. The van der Waals surface area contributed by atoms with Crippen LogP contribution >= 0.6 is 38.6 Å². The van der Waals surface area contributed by atoms with Gasteiger partial charge < -0.3 is 10.4 Å². The second-order valence-corrected chi connectivity index (χ2v) is 7.08. The van der Waals surface area contributed by atoms with Crippen molar-refractivity contribution in [3.63, 3.8) is 0 Å². The van der Waals surface area contributed by atoms with Gasteiger partial charge in [0.25, 0.3) is 5.91 Å². The molecular formula is C13H10BrNO3S2. The number of thiophene rings is 2. The van der Waals surface area contributed by atoms with Crippen LogP contribution in [-0.4, -0.2) is 17.0 Å². The number of hydrogen-bond acceptors (Lipinski definition) is 4. The van der Waals surface area contributed by atoms with Gasteiger partial charge in [0.2, 0.25) is 0 Å². The van der Waals surface area contributed by atoms with Crippen molar-refractivity contribution in [2.75, 3.05) is 0 Å². The topological polar surface area (TPSA) is 66.4 Å². The Morgan fingerprint density at radius 3 is 2.85 bits per heavy atom. The third-order valence-electron chi connectivity index (χ3n) is 2.42. The largest absolute Gasteiger partial charge is 0.478 e. The predicted octanol–water partition coefficient (Wildman–Crippen LogP) is 3.60. The number of hydrogen-bond donors (Lipinski definition) is 2. The number of carboxylic acid groups (broad SMARTS) is 1. The van der Waals surface area contributed by atoms with Gasteiger partial charge in [-0.15, -0.1) is 22.7 Å². The summed E-state index contributed by atoms with van der Waals surface area (Å²) in [6, 6.07) is 3.59. The Kier molecular flexibility index (Phi) is 5.11. The van der Waals surface area contributed by atoms with E-state index in [-0.39, 0.29) is 5.91 Å². The van der Waals surface area contributed by atoms with Crippen LogP contribution in [0.3, 0.4) is 0 Å². The van der Waals surface area contributed by atoms with E-state index in [0.717, 1.165) is 20.3 Å². The van der Waals surface area contributed by atoms with Crippen molar-refractivity contribution in [2.24, 2.45) is 0 Å². The number of halogens is 1. The van der Waals surface area contributed by atoms with Gasteiger partial charge in [0.1, 0.15) is 0 Å². The molecule has 0 atom stereocenters. The fourth-order valence-electron chi connectivity index (χ4n) is 1.50. The molecule has 0 radical (unpaired) electrons. The normalized spacial score (nSPS) is 10.8. The first-order valence-electron chi connectivity index (χ1n) is 5.56. The molecule has 7 heteroatoms. The van der Waals surface area contributed by atoms with Gasteiger partial charge in [0, 0.05) is 16.3 Å². The van der Waals surface area contributed by atoms with Crippen LogP contribution < -0.4 is 5.32 Å². The summed E-state index contributed by atoms with van der Waals surface area (Å²) in [5, 5.41) is 15.1. The van der Waals surface area contributed by atoms with Crippen molar-refractivity contribution in [3.8, 4) is 0 Å². The monoisotopic (exact) mass is 371 g/mol. The van der Waals surface area contributed by atoms with Gasteiger partial charge in [-0.2, -0.15) is 0 Å². The van der Waals surface area contributed by atoms with E-state index >= 15 is 0 Å². The molecule has 0 spiro atoms. The van der Waals surface area contributed by atoms with Crippen molar-refractivity contribution in [3.05, 3.63) is 48.8 Å². The second-order valence-electron chi connectivity index (χ2n) is 3.79. The summed E-state index contributed by atoms with van der Waals surface area (Å²) in [7, 11) is 0. The average molecular weight is 372 g/mol. The van der Waals surface area contributed by atoms with E-state index in [1.54, 1.807) is 11.4 Å². The number of carboxylic acids is 1. The van der Waals surface area contributed by atoms with E-state index in [2.05, 4.69) is 21.2 Å². The molecule has 2 rings (SSSR count). The molecule has 0 unspecified atom stereocenters. The number of carbonyl (C=O) groups excluding carboxylic acids is 1. The molecule has 1 amide bonds. The van der Waals surface area contributed by atoms with Crippen LogP contribution in [0.1, 0.15) is 20.8 Å². The minimum absolute atomic E-state index is 0.145. The second kappa shape index (κ2) is 6.83. The van der Waals surface area contributed by atoms with E-state index in [1.807, 2.05) is 11.4 Å². The summed E-state index contributed by atoms with van der Waals surface area (Å²) in [5.41, 5.74) is 1.42. The summed E-state index contributed by atoms with van der Waals surface area (Å²) < 4.78 is 0.906. The van der Waals surface area contributed by atoms with E-state index in [4.69, 9.17) is 5.11 Å². The van der Waals surface area contributed by atoms with Crippen molar-refractivity contribution >= 4 is 56.6 Å². The Bertz CT molecular complexity index is 660. The van der Waals surface area contributed by atoms with Gasteiger partial charge in [-0.3, -0.25) is 4.79 Å². The molecule has 2 N–H and O–H groups in total. The molecule has 0 aliphatic heterocycles. The molecule has 0 saturated heterocycles. The maximum absolute atomic E-state index is 11.9. The number of carbonyl (C=O) groups is 2. The lowest BCUT2D eigenvalue weighted by molar-refractivity contribution is -0.131. The van der Waals surface area contributed by atoms with Gasteiger partial charge in [-0.05, 0) is 45.1 Å². The molecule has 104 valence electrons. The van der Waals surface area contributed by atoms with Crippen LogP contribution in [0.4, 0.5) is 0 Å². The van der Waals surface area contributed by atoms with Crippen LogP contribution in [0, 0.1) is 0 Å². The quantitative estimate of drug-likeness (QED) is 0.789. The summed E-state index contributed by atoms with van der Waals surface area (Å²) in [5.74, 6) is -1.14. The third-order valence-corrected chi connectivity index (χ3v) is 4.87. The summed E-state index contributed by atoms with van der Waals surface area (Å²) in [6.45, 7) is 0.378. The van der Waals surface area contributed by atoms with Crippen molar-refractivity contribution < 1.29 is 14.7 Å². The van der Waals surface area contributed by atoms with Crippen molar-refractivity contribution in [1.82, 2.24) is 5.32 Å². The highest BCUT2D eigenvalue weighted by molar-refractivity contribution is 9.11. The molecule has 0 aliphatic carbocycles. The molecule has 2 aromatic heterocycles. The Morgan fingerprint density at radius 2 is 2.20 bits per heavy atom. The first-order chi connectivity index (χ1) is 9.56. The van der Waals surface area contributed by atoms with Gasteiger partial charge in [0.05, 0.1) is 15.9 Å². The zero-order valence-electron chi connectivity index (χ0n) is 10.1.